The van der Waals surface area contributed by atoms with E-state index in [1.807, 2.05) is 0 Å². The van der Waals surface area contributed by atoms with Gasteiger partial charge in [-0.1, -0.05) is 12.8 Å². The molecule has 0 atom stereocenters. The Labute approximate surface area is 93.2 Å². The Hall–Kier alpha value is 0.270. The van der Waals surface area contributed by atoms with Crippen LogP contribution in [-0.2, 0) is 0 Å². The van der Waals surface area contributed by atoms with Gasteiger partial charge in [0, 0.05) is 13.1 Å². The average Bonchev–Trinajstić information content (AvgIpc) is 2.21. The Morgan fingerprint density at radius 3 is 1.79 bits per heavy atom. The van der Waals surface area contributed by atoms with Gasteiger partial charge in [0.15, 0.2) is 0 Å². The summed E-state index contributed by atoms with van der Waals surface area (Å²) in [5.41, 5.74) is 0. The van der Waals surface area contributed by atoms with Crippen molar-refractivity contribution in [1.82, 2.24) is 9.21 Å². The van der Waals surface area contributed by atoms with Crippen LogP contribution in [0.4, 0.5) is 0 Å². The van der Waals surface area contributed by atoms with Crippen molar-refractivity contribution in [2.45, 2.75) is 25.7 Å². The molecule has 2 aliphatic rings. The van der Waals surface area contributed by atoms with Crippen LogP contribution in [0.1, 0.15) is 25.7 Å². The second-order valence-corrected chi connectivity index (χ2v) is 5.50. The molecule has 2 fully saturated rings. The highest BCUT2D eigenvalue weighted by molar-refractivity contribution is 7.77. The fourth-order valence-electron chi connectivity index (χ4n) is 2.86. The molecule has 0 amide bonds. The van der Waals surface area contributed by atoms with Gasteiger partial charge in [-0.3, -0.25) is 4.31 Å². The van der Waals surface area contributed by atoms with E-state index >= 15 is 0 Å². The molecule has 2 aliphatic heterocycles. The number of hydrogen-bond acceptors (Lipinski definition) is 3. The molecule has 0 aromatic heterocycles. The van der Waals surface area contributed by atoms with Gasteiger partial charge in [-0.15, -0.1) is 0 Å². The summed E-state index contributed by atoms with van der Waals surface area (Å²) in [7, 11) is 2.24. The van der Waals surface area contributed by atoms with Crippen LogP contribution in [0.5, 0.6) is 0 Å². The predicted octanol–water partition coefficient (Wildman–Crippen LogP) is 1.89. The van der Waals surface area contributed by atoms with Crippen LogP contribution in [0.3, 0.4) is 0 Å². The second kappa shape index (κ2) is 4.86. The van der Waals surface area contributed by atoms with E-state index in [-0.39, 0.29) is 0 Å². The summed E-state index contributed by atoms with van der Waals surface area (Å²) in [5.74, 6) is 2.00. The molecule has 2 heterocycles. The van der Waals surface area contributed by atoms with E-state index in [4.69, 9.17) is 0 Å². The second-order valence-electron chi connectivity index (χ2n) is 4.93. The molecule has 0 unspecified atom stereocenters. The zero-order valence-electron chi connectivity index (χ0n) is 9.15. The van der Waals surface area contributed by atoms with Gasteiger partial charge in [-0.2, -0.15) is 0 Å². The SMILES string of the molecule is CN1CCC(C2CCN(S)CC2)CC1. The van der Waals surface area contributed by atoms with Crippen LogP contribution in [0.15, 0.2) is 0 Å². The fourth-order valence-corrected chi connectivity index (χ4v) is 3.09. The van der Waals surface area contributed by atoms with Crippen LogP contribution >= 0.6 is 12.8 Å². The van der Waals surface area contributed by atoms with Crippen molar-refractivity contribution in [3.8, 4) is 0 Å². The zero-order valence-corrected chi connectivity index (χ0v) is 10.0. The molecule has 0 bridgehead atoms. The van der Waals surface area contributed by atoms with Gasteiger partial charge in [0.25, 0.3) is 0 Å². The maximum atomic E-state index is 4.41. The van der Waals surface area contributed by atoms with Crippen molar-refractivity contribution < 1.29 is 0 Å². The van der Waals surface area contributed by atoms with E-state index in [1.54, 1.807) is 0 Å². The normalized spacial score (nSPS) is 29.6. The number of rotatable bonds is 1. The first-order valence-corrected chi connectivity index (χ1v) is 6.28. The Balaban J connectivity index is 1.78. The van der Waals surface area contributed by atoms with E-state index < -0.39 is 0 Å². The van der Waals surface area contributed by atoms with Gasteiger partial charge in [0.2, 0.25) is 0 Å². The lowest BCUT2D eigenvalue weighted by molar-refractivity contribution is 0.135. The van der Waals surface area contributed by atoms with Gasteiger partial charge in [0.1, 0.15) is 0 Å². The standard InChI is InChI=1S/C11H22N2S/c1-12-6-2-10(3-7-12)11-4-8-13(14)9-5-11/h10-11,14H,2-9H2,1H3. The van der Waals surface area contributed by atoms with Gasteiger partial charge < -0.3 is 4.90 Å². The predicted molar refractivity (Wildman–Crippen MR) is 63.5 cm³/mol. The molecular formula is C11H22N2S. The van der Waals surface area contributed by atoms with Crippen molar-refractivity contribution in [1.29, 1.82) is 0 Å². The molecule has 0 spiro atoms. The van der Waals surface area contributed by atoms with Crippen molar-refractivity contribution in [3.63, 3.8) is 0 Å². The summed E-state index contributed by atoms with van der Waals surface area (Å²) in [4.78, 5) is 2.46. The van der Waals surface area contributed by atoms with Crippen LogP contribution < -0.4 is 0 Å². The molecule has 3 heteroatoms. The number of hydrogen-bond donors (Lipinski definition) is 1. The minimum Gasteiger partial charge on any atom is -0.306 e. The molecule has 0 aromatic rings. The third-order valence-electron chi connectivity index (χ3n) is 3.95. The van der Waals surface area contributed by atoms with Crippen LogP contribution in [-0.4, -0.2) is 42.4 Å². The lowest BCUT2D eigenvalue weighted by atomic mass is 9.79. The highest BCUT2D eigenvalue weighted by Gasteiger charge is 2.27. The first-order chi connectivity index (χ1) is 6.75. The van der Waals surface area contributed by atoms with Gasteiger partial charge in [0.05, 0.1) is 0 Å². The topological polar surface area (TPSA) is 6.48 Å². The van der Waals surface area contributed by atoms with Crippen molar-refractivity contribution >= 4 is 12.8 Å². The summed E-state index contributed by atoms with van der Waals surface area (Å²) >= 11 is 4.41. The maximum absolute atomic E-state index is 4.41. The van der Waals surface area contributed by atoms with Crippen molar-refractivity contribution in [2.75, 3.05) is 33.2 Å². The quantitative estimate of drug-likeness (QED) is 0.666. The monoisotopic (exact) mass is 214 g/mol. The highest BCUT2D eigenvalue weighted by atomic mass is 32.1. The number of piperidine rings is 2. The largest absolute Gasteiger partial charge is 0.306 e. The number of likely N-dealkylation sites (tertiary alicyclic amines) is 1. The molecular weight excluding hydrogens is 192 g/mol. The third-order valence-corrected chi connectivity index (χ3v) is 4.35. The molecule has 0 aliphatic carbocycles. The molecule has 0 N–H and O–H groups in total. The van der Waals surface area contributed by atoms with E-state index in [9.17, 15) is 0 Å². The molecule has 0 radical (unpaired) electrons. The summed E-state index contributed by atoms with van der Waals surface area (Å²) in [6.07, 6.45) is 5.59. The van der Waals surface area contributed by atoms with Gasteiger partial charge >= 0.3 is 0 Å². The Bertz CT molecular complexity index is 150. The van der Waals surface area contributed by atoms with Crippen LogP contribution in [0.25, 0.3) is 0 Å². The Kier molecular flexibility index (Phi) is 3.74. The average molecular weight is 214 g/mol. The first kappa shape index (κ1) is 10.8. The van der Waals surface area contributed by atoms with Gasteiger partial charge in [-0.05, 0) is 57.7 Å². The third kappa shape index (κ3) is 2.65. The van der Waals surface area contributed by atoms with E-state index in [2.05, 4.69) is 29.1 Å². The summed E-state index contributed by atoms with van der Waals surface area (Å²) in [5, 5.41) is 0. The van der Waals surface area contributed by atoms with E-state index in [0.29, 0.717) is 0 Å². The van der Waals surface area contributed by atoms with E-state index in [0.717, 1.165) is 11.8 Å². The lowest BCUT2D eigenvalue weighted by Gasteiger charge is -2.38. The molecule has 2 saturated heterocycles. The molecule has 2 rings (SSSR count). The zero-order chi connectivity index (χ0) is 9.97. The number of thiol groups is 1. The number of nitrogens with zero attached hydrogens (tertiary/aromatic N) is 2. The van der Waals surface area contributed by atoms with Crippen molar-refractivity contribution in [3.05, 3.63) is 0 Å². The smallest absolute Gasteiger partial charge is 0.00897 e. The summed E-state index contributed by atoms with van der Waals surface area (Å²) in [6.45, 7) is 5.01. The molecule has 14 heavy (non-hydrogen) atoms. The molecule has 2 nitrogen and oxygen atoms in total. The maximum Gasteiger partial charge on any atom is 0.00897 e. The van der Waals surface area contributed by atoms with Gasteiger partial charge in [-0.25, -0.2) is 0 Å². The van der Waals surface area contributed by atoms with Crippen LogP contribution in [0.2, 0.25) is 0 Å². The fraction of sp³-hybridized carbons (Fsp3) is 1.00. The minimum atomic E-state index is 0.993. The minimum absolute atomic E-state index is 0.993. The van der Waals surface area contributed by atoms with Crippen LogP contribution in [0, 0.1) is 11.8 Å². The van der Waals surface area contributed by atoms with Crippen molar-refractivity contribution in [2.24, 2.45) is 11.8 Å². The highest BCUT2D eigenvalue weighted by Crippen LogP contribution is 2.32. The Morgan fingerprint density at radius 1 is 0.857 bits per heavy atom. The summed E-state index contributed by atoms with van der Waals surface area (Å²) in [6, 6.07) is 0. The Morgan fingerprint density at radius 2 is 1.29 bits per heavy atom. The molecule has 82 valence electrons. The molecule has 0 saturated carbocycles. The lowest BCUT2D eigenvalue weighted by Crippen LogP contribution is -2.37. The molecule has 0 aromatic carbocycles. The summed E-state index contributed by atoms with van der Waals surface area (Å²) < 4.78 is 2.17. The first-order valence-electron chi connectivity index (χ1n) is 5.88. The van der Waals surface area contributed by atoms with E-state index in [1.165, 1.54) is 51.9 Å².